The van der Waals surface area contributed by atoms with E-state index in [1.54, 1.807) is 0 Å². The van der Waals surface area contributed by atoms with E-state index in [2.05, 4.69) is 31.7 Å². The number of carboxylic acids is 2. The second kappa shape index (κ2) is 14.4. The highest BCUT2D eigenvalue weighted by Gasteiger charge is 2.33. The number of rotatable bonds is 12. The average molecular weight is 803 g/mol. The summed E-state index contributed by atoms with van der Waals surface area (Å²) >= 11 is 0. The van der Waals surface area contributed by atoms with Gasteiger partial charge in [-0.05, 0) is 59.7 Å². The molecule has 6 rings (SSSR count). The molecule has 284 valence electrons. The zero-order valence-electron chi connectivity index (χ0n) is 27.7. The van der Waals surface area contributed by atoms with Crippen molar-refractivity contribution in [3.63, 3.8) is 0 Å². The molecule has 0 unspecified atom stereocenters. The van der Waals surface area contributed by atoms with Crippen molar-refractivity contribution in [1.82, 2.24) is 10.9 Å². The van der Waals surface area contributed by atoms with E-state index in [0.717, 1.165) is 36.4 Å². The van der Waals surface area contributed by atoms with Crippen LogP contribution in [0, 0.1) is 0 Å². The SMILES string of the molecule is O=C(O)C1=CC(=O)C2=CC=C(NNc3ccc(/C=C/c4ccc(NNC5=CC=C6C(=O)C=C(C(=O)O)N=C6C5=O)cc4S(=O)(=O)O)c(S(=O)(=O)O)c3)C(=O)C2=N1. The zero-order chi connectivity index (χ0) is 40.7. The highest BCUT2D eigenvalue weighted by molar-refractivity contribution is 7.86. The largest absolute Gasteiger partial charge is 0.477 e. The summed E-state index contributed by atoms with van der Waals surface area (Å²) in [5.74, 6) is -6.24. The first kappa shape index (κ1) is 38.3. The fraction of sp³-hybridized carbons (Fsp3) is 0. The van der Waals surface area contributed by atoms with Crippen LogP contribution in [0.2, 0.25) is 0 Å². The molecular formula is C34H22N6O14S2. The fourth-order valence-corrected chi connectivity index (χ4v) is 6.71. The number of anilines is 2. The molecule has 2 aliphatic carbocycles. The molecule has 0 aromatic heterocycles. The number of allylic oxidation sites excluding steroid dienone is 10. The first-order valence-electron chi connectivity index (χ1n) is 15.4. The lowest BCUT2D eigenvalue weighted by Crippen LogP contribution is -2.36. The van der Waals surface area contributed by atoms with Gasteiger partial charge in [0.05, 0.1) is 22.5 Å². The van der Waals surface area contributed by atoms with Crippen molar-refractivity contribution in [2.24, 2.45) is 9.98 Å². The van der Waals surface area contributed by atoms with E-state index >= 15 is 0 Å². The molecule has 0 bridgehead atoms. The molecule has 0 saturated carbocycles. The van der Waals surface area contributed by atoms with Crippen LogP contribution in [0.5, 0.6) is 0 Å². The molecule has 0 spiro atoms. The van der Waals surface area contributed by atoms with Gasteiger partial charge in [-0.15, -0.1) is 0 Å². The minimum absolute atomic E-state index is 0.0215. The van der Waals surface area contributed by atoms with E-state index < -0.39 is 87.9 Å². The standard InChI is InChI=1S/C34H22N6O14S2/c41-25-13-23(33(45)46)35-29-19(25)7-9-21(31(29)43)39-37-17-5-3-15(27(11-17)55(49,50)51)1-2-16-4-6-18(12-28(16)56(52,53)54)38-40-22-10-8-20-26(42)14-24(34(47)48)36-30(20)32(22)44/h1-14,37-40H,(H,45,46)(H,47,48)(H,49,50,51)(H,52,53,54)/b2-1+. The van der Waals surface area contributed by atoms with Crippen molar-refractivity contribution in [2.45, 2.75) is 9.79 Å². The smallest absolute Gasteiger partial charge is 0.354 e. The summed E-state index contributed by atoms with van der Waals surface area (Å²) in [7, 11) is -9.89. The van der Waals surface area contributed by atoms with Gasteiger partial charge in [0.25, 0.3) is 20.2 Å². The molecule has 0 amide bonds. The lowest BCUT2D eigenvalue weighted by atomic mass is 9.93. The third-order valence-corrected chi connectivity index (χ3v) is 9.76. The molecule has 2 aromatic carbocycles. The number of aliphatic carboxylic acids is 2. The number of benzene rings is 2. The molecule has 4 aliphatic rings. The number of ketones is 4. The molecule has 2 aliphatic heterocycles. The van der Waals surface area contributed by atoms with E-state index in [1.165, 1.54) is 48.6 Å². The Morgan fingerprint density at radius 3 is 1.29 bits per heavy atom. The maximum absolute atomic E-state index is 12.9. The molecule has 0 saturated heterocycles. The Labute approximate surface area is 313 Å². The van der Waals surface area contributed by atoms with E-state index in [0.29, 0.717) is 0 Å². The van der Waals surface area contributed by atoms with Gasteiger partial charge in [-0.3, -0.25) is 39.1 Å². The number of carbonyl (C=O) groups excluding carboxylic acids is 4. The number of aliphatic imine (C=N–C) groups is 2. The van der Waals surface area contributed by atoms with Crippen LogP contribution in [0.4, 0.5) is 11.4 Å². The summed E-state index contributed by atoms with van der Waals surface area (Å²) < 4.78 is 69.3. The quantitative estimate of drug-likeness (QED) is 0.0641. The molecule has 0 radical (unpaired) electrons. The van der Waals surface area contributed by atoms with Crippen LogP contribution in [0.15, 0.2) is 127 Å². The highest BCUT2D eigenvalue weighted by atomic mass is 32.2. The van der Waals surface area contributed by atoms with Crippen molar-refractivity contribution >= 4 is 90.3 Å². The van der Waals surface area contributed by atoms with Gasteiger partial charge >= 0.3 is 11.9 Å². The molecule has 2 aromatic rings. The predicted octanol–water partition coefficient (Wildman–Crippen LogP) is 0.954. The number of carbonyl (C=O) groups is 6. The minimum atomic E-state index is -4.95. The van der Waals surface area contributed by atoms with Crippen LogP contribution in [0.25, 0.3) is 12.2 Å². The Kier molecular flexibility index (Phi) is 9.88. The first-order valence-corrected chi connectivity index (χ1v) is 18.2. The second-order valence-corrected chi connectivity index (χ2v) is 14.4. The molecule has 56 heavy (non-hydrogen) atoms. The average Bonchev–Trinajstić information content (AvgIpc) is 3.13. The van der Waals surface area contributed by atoms with Crippen LogP contribution in [0.1, 0.15) is 11.1 Å². The van der Waals surface area contributed by atoms with E-state index in [1.807, 2.05) is 0 Å². The maximum Gasteiger partial charge on any atom is 0.354 e. The predicted molar refractivity (Wildman–Crippen MR) is 194 cm³/mol. The maximum atomic E-state index is 12.9. The molecule has 0 atom stereocenters. The summed E-state index contributed by atoms with van der Waals surface area (Å²) in [4.78, 5) is 79.1. The summed E-state index contributed by atoms with van der Waals surface area (Å²) in [6, 6.07) is 6.93. The van der Waals surface area contributed by atoms with Gasteiger partial charge in [0.15, 0.2) is 23.0 Å². The summed E-state index contributed by atoms with van der Waals surface area (Å²) in [6.07, 6.45) is 8.63. The number of nitrogens with zero attached hydrogens (tertiary/aromatic N) is 2. The third kappa shape index (κ3) is 7.78. The normalized spacial score (nSPS) is 16.8. The number of hydrogen-bond donors (Lipinski definition) is 8. The number of nitrogens with one attached hydrogen (secondary N) is 4. The van der Waals surface area contributed by atoms with Gasteiger partial charge in [0.2, 0.25) is 11.6 Å². The Morgan fingerprint density at radius 1 is 0.571 bits per heavy atom. The lowest BCUT2D eigenvalue weighted by molar-refractivity contribution is -0.133. The van der Waals surface area contributed by atoms with Gasteiger partial charge in [-0.2, -0.15) is 16.8 Å². The Morgan fingerprint density at radius 2 is 0.946 bits per heavy atom. The van der Waals surface area contributed by atoms with Crippen LogP contribution in [-0.2, 0) is 49.0 Å². The van der Waals surface area contributed by atoms with Crippen molar-refractivity contribution in [3.8, 4) is 0 Å². The van der Waals surface area contributed by atoms with Gasteiger partial charge in [-0.1, -0.05) is 24.3 Å². The number of hydrogen-bond acceptors (Lipinski definition) is 16. The lowest BCUT2D eigenvalue weighted by Gasteiger charge is -2.19. The van der Waals surface area contributed by atoms with Crippen LogP contribution < -0.4 is 21.7 Å². The van der Waals surface area contributed by atoms with Crippen molar-refractivity contribution in [2.75, 3.05) is 10.9 Å². The molecule has 20 nitrogen and oxygen atoms in total. The molecule has 2 heterocycles. The van der Waals surface area contributed by atoms with Gasteiger partial charge in [-0.25, -0.2) is 19.6 Å². The number of carboxylic acid groups (broad SMARTS) is 2. The van der Waals surface area contributed by atoms with Crippen LogP contribution >= 0.6 is 0 Å². The molecule has 0 fully saturated rings. The highest BCUT2D eigenvalue weighted by Crippen LogP contribution is 2.27. The third-order valence-electron chi connectivity index (χ3n) is 7.94. The monoisotopic (exact) mass is 802 g/mol. The summed E-state index contributed by atoms with van der Waals surface area (Å²) in [5, 5.41) is 18.4. The van der Waals surface area contributed by atoms with Gasteiger partial charge in [0.1, 0.15) is 32.6 Å². The van der Waals surface area contributed by atoms with Crippen molar-refractivity contribution in [1.29, 1.82) is 0 Å². The Balaban J connectivity index is 1.20. The molecule has 8 N–H and O–H groups in total. The number of Topliss-reactive ketones (excluding diaryl/α,β-unsaturated/α-hetero) is 2. The topological polar surface area (TPSA) is 324 Å². The van der Waals surface area contributed by atoms with Crippen molar-refractivity contribution < 1.29 is 64.9 Å². The number of hydrazine groups is 2. The van der Waals surface area contributed by atoms with Gasteiger partial charge in [0, 0.05) is 12.2 Å². The van der Waals surface area contributed by atoms with Crippen molar-refractivity contribution in [3.05, 3.63) is 118 Å². The Hall–Kier alpha value is -7.40. The van der Waals surface area contributed by atoms with E-state index in [-0.39, 0.29) is 45.0 Å². The van der Waals surface area contributed by atoms with E-state index in [4.69, 9.17) is 0 Å². The number of fused-ring (bicyclic) bond motifs is 2. The summed E-state index contributed by atoms with van der Waals surface area (Å²) in [6.45, 7) is 0. The minimum Gasteiger partial charge on any atom is -0.477 e. The molecule has 22 heteroatoms. The van der Waals surface area contributed by atoms with Crippen LogP contribution in [-0.4, -0.2) is 82.6 Å². The first-order chi connectivity index (χ1) is 26.3. The summed E-state index contributed by atoms with van der Waals surface area (Å²) in [5.41, 5.74) is 6.94. The molecular weight excluding hydrogens is 781 g/mol. The fourth-order valence-electron chi connectivity index (χ4n) is 5.29. The van der Waals surface area contributed by atoms with Gasteiger partial charge < -0.3 is 21.1 Å². The second-order valence-electron chi connectivity index (χ2n) is 11.6. The zero-order valence-corrected chi connectivity index (χ0v) is 29.3. The van der Waals surface area contributed by atoms with Crippen LogP contribution in [0.3, 0.4) is 0 Å². The Bertz CT molecular complexity index is 2580. The van der Waals surface area contributed by atoms with E-state index in [9.17, 15) is 64.9 Å².